The summed E-state index contributed by atoms with van der Waals surface area (Å²) < 4.78 is 12.8. The fourth-order valence-corrected chi connectivity index (χ4v) is 8.33. The molecule has 9 aromatic carbocycles. The van der Waals surface area contributed by atoms with Crippen LogP contribution in [0, 0.1) is 0 Å². The highest BCUT2D eigenvalue weighted by Gasteiger charge is 2.20. The van der Waals surface area contributed by atoms with Crippen molar-refractivity contribution in [2.24, 2.45) is 0 Å². The predicted octanol–water partition coefficient (Wildman–Crippen LogP) is 15.6. The molecule has 11 rings (SSSR count). The van der Waals surface area contributed by atoms with Crippen molar-refractivity contribution in [2.45, 2.75) is 0 Å². The van der Waals surface area contributed by atoms with Crippen LogP contribution in [0.3, 0.4) is 0 Å². The Bertz CT molecular complexity index is 3150. The molecule has 0 aliphatic rings. The Morgan fingerprint density at radius 3 is 1.40 bits per heavy atom. The van der Waals surface area contributed by atoms with Crippen LogP contribution in [-0.2, 0) is 0 Å². The van der Waals surface area contributed by atoms with Gasteiger partial charge in [-0.05, 0) is 106 Å². The highest BCUT2D eigenvalue weighted by atomic mass is 16.3. The number of rotatable bonds is 7. The largest absolute Gasteiger partial charge is 0.456 e. The zero-order valence-electron chi connectivity index (χ0n) is 31.0. The summed E-state index contributed by atoms with van der Waals surface area (Å²) in [5.74, 6) is 0. The molecule has 57 heavy (non-hydrogen) atoms. The lowest BCUT2D eigenvalue weighted by atomic mass is 9.93. The summed E-state index contributed by atoms with van der Waals surface area (Å²) in [6, 6.07) is 75.2. The fraction of sp³-hybridized carbons (Fsp3) is 0. The smallest absolute Gasteiger partial charge is 0.143 e. The minimum absolute atomic E-state index is 0.856. The van der Waals surface area contributed by atoms with Gasteiger partial charge in [0, 0.05) is 33.1 Å². The van der Waals surface area contributed by atoms with Crippen LogP contribution in [0.15, 0.2) is 221 Å². The van der Waals surface area contributed by atoms with Crippen LogP contribution < -0.4 is 4.90 Å². The summed E-state index contributed by atoms with van der Waals surface area (Å²) in [5, 5.41) is 4.42. The third-order valence-electron chi connectivity index (χ3n) is 11.1. The fourth-order valence-electron chi connectivity index (χ4n) is 8.33. The van der Waals surface area contributed by atoms with Crippen LogP contribution in [0.5, 0.6) is 0 Å². The molecule has 0 aliphatic carbocycles. The molecule has 0 fully saturated rings. The summed E-state index contributed by atoms with van der Waals surface area (Å²) >= 11 is 0. The molecule has 0 amide bonds. The Labute approximate surface area is 330 Å². The van der Waals surface area contributed by atoms with Crippen molar-refractivity contribution in [1.29, 1.82) is 0 Å². The van der Waals surface area contributed by atoms with Gasteiger partial charge in [0.1, 0.15) is 22.3 Å². The van der Waals surface area contributed by atoms with Gasteiger partial charge in [0.25, 0.3) is 0 Å². The standard InChI is InChI=1S/C54H35NO2/c1-3-13-36(14-4-1)40-33-41(37-15-5-2-6-16-37)35-42(34-40)38-25-29-43(30-26-38)55(49-21-12-24-52-53(49)48-18-8-10-23-51(48)56-52)44-31-27-39(28-32-44)45-19-11-20-47-46-17-7-9-22-50(46)57-54(45)47/h1-35H. The summed E-state index contributed by atoms with van der Waals surface area (Å²) in [6.07, 6.45) is 0. The molecule has 3 nitrogen and oxygen atoms in total. The Morgan fingerprint density at radius 1 is 0.298 bits per heavy atom. The van der Waals surface area contributed by atoms with E-state index in [0.29, 0.717) is 0 Å². The molecule has 268 valence electrons. The number of anilines is 3. The van der Waals surface area contributed by atoms with E-state index in [2.05, 4.69) is 193 Å². The molecule has 2 heterocycles. The van der Waals surface area contributed by atoms with Gasteiger partial charge in [-0.2, -0.15) is 0 Å². The predicted molar refractivity (Wildman–Crippen MR) is 237 cm³/mol. The lowest BCUT2D eigenvalue weighted by Crippen LogP contribution is -2.10. The van der Waals surface area contributed by atoms with Gasteiger partial charge in [0.05, 0.1) is 11.1 Å². The van der Waals surface area contributed by atoms with Gasteiger partial charge < -0.3 is 13.7 Å². The number of furan rings is 2. The van der Waals surface area contributed by atoms with Crippen LogP contribution >= 0.6 is 0 Å². The Morgan fingerprint density at radius 2 is 0.772 bits per heavy atom. The zero-order valence-corrected chi connectivity index (χ0v) is 31.0. The summed E-state index contributed by atoms with van der Waals surface area (Å²) in [4.78, 5) is 2.34. The number of para-hydroxylation sites is 3. The summed E-state index contributed by atoms with van der Waals surface area (Å²) in [7, 11) is 0. The van der Waals surface area contributed by atoms with Crippen molar-refractivity contribution in [3.8, 4) is 44.5 Å². The van der Waals surface area contributed by atoms with Gasteiger partial charge >= 0.3 is 0 Å². The number of fused-ring (bicyclic) bond motifs is 6. The molecule has 11 aromatic rings. The first kappa shape index (κ1) is 32.8. The SMILES string of the molecule is c1ccc(-c2cc(-c3ccccc3)cc(-c3ccc(N(c4ccc(-c5cccc6c5oc5ccccc56)cc4)c4cccc5oc6ccccc6c45)cc3)c2)cc1. The van der Waals surface area contributed by atoms with Crippen LogP contribution in [-0.4, -0.2) is 0 Å². The van der Waals surface area contributed by atoms with Gasteiger partial charge in [-0.3, -0.25) is 0 Å². The number of hydrogen-bond acceptors (Lipinski definition) is 3. The first-order chi connectivity index (χ1) is 28.2. The maximum absolute atomic E-state index is 6.43. The Kier molecular flexibility index (Phi) is 7.82. The second-order valence-electron chi connectivity index (χ2n) is 14.5. The van der Waals surface area contributed by atoms with Crippen molar-refractivity contribution in [3.05, 3.63) is 212 Å². The van der Waals surface area contributed by atoms with E-state index in [0.717, 1.165) is 77.6 Å². The van der Waals surface area contributed by atoms with Gasteiger partial charge in [-0.15, -0.1) is 0 Å². The third kappa shape index (κ3) is 5.76. The van der Waals surface area contributed by atoms with Crippen LogP contribution in [0.4, 0.5) is 17.1 Å². The molecule has 0 radical (unpaired) electrons. The first-order valence-corrected chi connectivity index (χ1v) is 19.3. The van der Waals surface area contributed by atoms with E-state index in [9.17, 15) is 0 Å². The van der Waals surface area contributed by atoms with E-state index in [4.69, 9.17) is 8.83 Å². The second-order valence-corrected chi connectivity index (χ2v) is 14.5. The van der Waals surface area contributed by atoms with Gasteiger partial charge in [0.15, 0.2) is 0 Å². The molecule has 0 bridgehead atoms. The molecule has 0 atom stereocenters. The summed E-state index contributed by atoms with van der Waals surface area (Å²) in [6.45, 7) is 0. The van der Waals surface area contributed by atoms with E-state index >= 15 is 0 Å². The normalized spacial score (nSPS) is 11.5. The minimum Gasteiger partial charge on any atom is -0.456 e. The average molecular weight is 730 g/mol. The molecular weight excluding hydrogens is 695 g/mol. The van der Waals surface area contributed by atoms with Crippen molar-refractivity contribution in [3.63, 3.8) is 0 Å². The molecule has 0 aliphatic heterocycles. The van der Waals surface area contributed by atoms with Crippen molar-refractivity contribution in [2.75, 3.05) is 4.90 Å². The lowest BCUT2D eigenvalue weighted by Gasteiger charge is -2.26. The molecular formula is C54H35NO2. The van der Waals surface area contributed by atoms with Crippen LogP contribution in [0.25, 0.3) is 88.4 Å². The van der Waals surface area contributed by atoms with Crippen molar-refractivity contribution in [1.82, 2.24) is 0 Å². The maximum Gasteiger partial charge on any atom is 0.143 e. The monoisotopic (exact) mass is 729 g/mol. The second kappa shape index (κ2) is 13.6. The quantitative estimate of drug-likeness (QED) is 0.164. The Hall–Kier alpha value is -7.62. The average Bonchev–Trinajstić information content (AvgIpc) is 3.87. The number of hydrogen-bond donors (Lipinski definition) is 0. The van der Waals surface area contributed by atoms with Crippen molar-refractivity contribution >= 4 is 60.9 Å². The highest BCUT2D eigenvalue weighted by molar-refractivity contribution is 6.13. The molecule has 0 saturated heterocycles. The molecule has 0 N–H and O–H groups in total. The third-order valence-corrected chi connectivity index (χ3v) is 11.1. The van der Waals surface area contributed by atoms with E-state index in [1.165, 1.54) is 27.8 Å². The topological polar surface area (TPSA) is 29.5 Å². The Balaban J connectivity index is 1.04. The molecule has 0 saturated carbocycles. The zero-order chi connectivity index (χ0) is 37.7. The van der Waals surface area contributed by atoms with Gasteiger partial charge in [0.2, 0.25) is 0 Å². The minimum atomic E-state index is 0.856. The number of benzene rings is 9. The molecule has 2 aromatic heterocycles. The molecule has 0 spiro atoms. The van der Waals surface area contributed by atoms with Crippen LogP contribution in [0.2, 0.25) is 0 Å². The van der Waals surface area contributed by atoms with Crippen molar-refractivity contribution < 1.29 is 8.83 Å². The van der Waals surface area contributed by atoms with Crippen LogP contribution in [0.1, 0.15) is 0 Å². The lowest BCUT2D eigenvalue weighted by molar-refractivity contribution is 0.669. The van der Waals surface area contributed by atoms with E-state index in [-0.39, 0.29) is 0 Å². The van der Waals surface area contributed by atoms with Gasteiger partial charge in [-0.1, -0.05) is 146 Å². The number of nitrogens with zero attached hydrogens (tertiary/aromatic N) is 1. The van der Waals surface area contributed by atoms with E-state index < -0.39 is 0 Å². The highest BCUT2D eigenvalue weighted by Crippen LogP contribution is 2.44. The van der Waals surface area contributed by atoms with E-state index in [1.807, 2.05) is 24.3 Å². The molecule has 3 heteroatoms. The first-order valence-electron chi connectivity index (χ1n) is 19.3. The van der Waals surface area contributed by atoms with E-state index in [1.54, 1.807) is 0 Å². The summed E-state index contributed by atoms with van der Waals surface area (Å²) in [5.41, 5.74) is 15.9. The maximum atomic E-state index is 6.43. The van der Waals surface area contributed by atoms with Gasteiger partial charge in [-0.25, -0.2) is 0 Å². The molecule has 0 unspecified atom stereocenters.